The lowest BCUT2D eigenvalue weighted by Gasteiger charge is -2.50. The van der Waals surface area contributed by atoms with E-state index in [1.807, 2.05) is 18.2 Å². The van der Waals surface area contributed by atoms with Crippen LogP contribution in [0.1, 0.15) is 145 Å². The largest absolute Gasteiger partial charge is 0.462 e. The van der Waals surface area contributed by atoms with Gasteiger partial charge < -0.3 is 47.4 Å². The molecule has 2 saturated heterocycles. The first-order valence-corrected chi connectivity index (χ1v) is 25.0. The van der Waals surface area contributed by atoms with Gasteiger partial charge in [-0.25, -0.2) is 0 Å². The number of hydrogen-bond donors (Lipinski definition) is 0. The summed E-state index contributed by atoms with van der Waals surface area (Å²) in [6.07, 6.45) is -14.5. The summed E-state index contributed by atoms with van der Waals surface area (Å²) < 4.78 is 63.5. The number of benzene rings is 1. The van der Waals surface area contributed by atoms with Crippen molar-refractivity contribution in [1.82, 2.24) is 0 Å². The van der Waals surface area contributed by atoms with Crippen molar-refractivity contribution in [1.29, 1.82) is 0 Å². The van der Waals surface area contributed by atoms with Gasteiger partial charge >= 0.3 is 41.8 Å². The highest BCUT2D eigenvalue weighted by molar-refractivity contribution is 7.99. The minimum absolute atomic E-state index is 0.518. The molecule has 0 unspecified atom stereocenters. The summed E-state index contributed by atoms with van der Waals surface area (Å²) in [5, 5.41) is 0. The molecule has 3 rings (SSSR count). The van der Waals surface area contributed by atoms with E-state index in [-0.39, 0.29) is 0 Å². The lowest BCUT2D eigenvalue weighted by atomic mass is 9.92. The monoisotopic (exact) mass is 1020 g/mol. The Kier molecular flexibility index (Phi) is 19.7. The minimum Gasteiger partial charge on any atom is -0.462 e. The summed E-state index contributed by atoms with van der Waals surface area (Å²) in [5.74, 6) is -5.12. The van der Waals surface area contributed by atoms with Crippen LogP contribution in [-0.4, -0.2) is 116 Å². The molecular weight excluding hydrogens is 941 g/mol. The second-order valence-electron chi connectivity index (χ2n) is 25.4. The van der Waals surface area contributed by atoms with Crippen molar-refractivity contribution in [3.63, 3.8) is 0 Å². The van der Waals surface area contributed by atoms with E-state index in [1.54, 1.807) is 158 Å². The summed E-state index contributed by atoms with van der Waals surface area (Å²) in [6, 6.07) is 9.04. The van der Waals surface area contributed by atoms with Gasteiger partial charge in [0.2, 0.25) is 0 Å². The lowest BCUT2D eigenvalue weighted by Crippen LogP contribution is -2.67. The highest BCUT2D eigenvalue weighted by Crippen LogP contribution is 2.42. The number of carbonyl (C=O) groups is 7. The standard InChI is InChI=1S/C53H82O17S/c1-47(2,3)40(54)61-27-30-33(66-42(56)49(7,8)9)34(67-43(57)50(10,11)12)36(69-45(59)52(16,17)18)38(63-30)65-32-31(28-62-41(55)48(4,5)6)64-39(71-29-25-23-22-24-26-29)37(70-46(60)53(19,20)21)35(32)68-44(58)51(13,14)15/h22-26,30-39H,27-28H2,1-21H3/t30-,31-,32-,33-,34+,35+,36-,37-,38+,39+/m1/s1. The van der Waals surface area contributed by atoms with Crippen LogP contribution in [0, 0.1) is 37.9 Å². The van der Waals surface area contributed by atoms with Crippen LogP contribution in [0.15, 0.2) is 35.2 Å². The smallest absolute Gasteiger partial charge is 0.311 e. The molecule has 71 heavy (non-hydrogen) atoms. The number of ether oxygens (including phenoxy) is 10. The van der Waals surface area contributed by atoms with E-state index in [0.29, 0.717) is 4.90 Å². The van der Waals surface area contributed by atoms with Gasteiger partial charge in [-0.1, -0.05) is 30.0 Å². The molecule has 18 heteroatoms. The van der Waals surface area contributed by atoms with Crippen LogP contribution in [0.25, 0.3) is 0 Å². The van der Waals surface area contributed by atoms with Crippen LogP contribution in [0.3, 0.4) is 0 Å². The molecule has 0 saturated carbocycles. The number of carbonyl (C=O) groups excluding carboxylic acids is 7. The number of rotatable bonds is 13. The summed E-state index contributed by atoms with van der Waals surface area (Å²) in [7, 11) is 0. The Morgan fingerprint density at radius 2 is 0.704 bits per heavy atom. The fourth-order valence-corrected chi connectivity index (χ4v) is 7.22. The maximum Gasteiger partial charge on any atom is 0.311 e. The molecule has 0 N–H and O–H groups in total. The second-order valence-corrected chi connectivity index (χ2v) is 26.6. The molecular formula is C53H82O17S. The first-order valence-electron chi connectivity index (χ1n) is 24.1. The average Bonchev–Trinajstić information content (AvgIpc) is 3.20. The van der Waals surface area contributed by atoms with E-state index >= 15 is 0 Å². The van der Waals surface area contributed by atoms with E-state index in [2.05, 4.69) is 0 Å². The summed E-state index contributed by atoms with van der Waals surface area (Å²) >= 11 is 1.15. The second kappa shape index (κ2) is 22.9. The van der Waals surface area contributed by atoms with Crippen molar-refractivity contribution in [2.24, 2.45) is 37.9 Å². The molecule has 2 aliphatic rings. The molecule has 1 aromatic rings. The molecule has 0 radical (unpaired) electrons. The predicted octanol–water partition coefficient (Wildman–Crippen LogP) is 8.58. The van der Waals surface area contributed by atoms with Crippen LogP contribution < -0.4 is 0 Å². The maximum absolute atomic E-state index is 14.3. The van der Waals surface area contributed by atoms with Crippen LogP contribution in [-0.2, 0) is 80.9 Å². The maximum atomic E-state index is 14.3. The van der Waals surface area contributed by atoms with Crippen molar-refractivity contribution >= 4 is 53.5 Å². The Morgan fingerprint density at radius 1 is 0.394 bits per heavy atom. The zero-order valence-corrected chi connectivity index (χ0v) is 46.7. The molecule has 1 aromatic carbocycles. The van der Waals surface area contributed by atoms with E-state index < -0.39 is 153 Å². The molecule has 0 aromatic heterocycles. The fraction of sp³-hybridized carbons (Fsp3) is 0.755. The molecule has 2 fully saturated rings. The van der Waals surface area contributed by atoms with Gasteiger partial charge in [0.25, 0.3) is 0 Å². The van der Waals surface area contributed by atoms with Gasteiger partial charge in [0, 0.05) is 4.90 Å². The Hall–Kier alpha value is -4.26. The van der Waals surface area contributed by atoms with Gasteiger partial charge in [-0.2, -0.15) is 0 Å². The van der Waals surface area contributed by atoms with Gasteiger partial charge in [-0.05, 0) is 158 Å². The average molecular weight is 1020 g/mol. The lowest BCUT2D eigenvalue weighted by molar-refractivity contribution is -0.344. The fourth-order valence-electron chi connectivity index (χ4n) is 6.09. The number of hydrogen-bond acceptors (Lipinski definition) is 18. The van der Waals surface area contributed by atoms with Gasteiger partial charge in [0.05, 0.1) is 37.9 Å². The van der Waals surface area contributed by atoms with Gasteiger partial charge in [-0.3, -0.25) is 33.6 Å². The highest BCUT2D eigenvalue weighted by Gasteiger charge is 2.59. The molecule has 10 atom stereocenters. The summed E-state index contributed by atoms with van der Waals surface area (Å²) in [4.78, 5) is 98.1. The zero-order chi connectivity index (χ0) is 54.6. The summed E-state index contributed by atoms with van der Waals surface area (Å²) in [6.45, 7) is 33.0. The van der Waals surface area contributed by atoms with E-state index in [0.717, 1.165) is 11.8 Å². The third kappa shape index (κ3) is 17.4. The molecule has 0 amide bonds. The molecule has 17 nitrogen and oxygen atoms in total. The normalized spacial score (nSPS) is 25.8. The van der Waals surface area contributed by atoms with Gasteiger partial charge in [0.15, 0.2) is 36.8 Å². The van der Waals surface area contributed by atoms with E-state index in [1.165, 1.54) is 0 Å². The quantitative estimate of drug-likeness (QED) is 0.134. The Morgan fingerprint density at radius 3 is 1.07 bits per heavy atom. The summed E-state index contributed by atoms with van der Waals surface area (Å²) in [5.41, 5.74) is -8.90. The van der Waals surface area contributed by atoms with Crippen molar-refractivity contribution in [3.8, 4) is 0 Å². The van der Waals surface area contributed by atoms with Crippen molar-refractivity contribution in [2.45, 2.75) is 211 Å². The van der Waals surface area contributed by atoms with Crippen LogP contribution in [0.5, 0.6) is 0 Å². The molecule has 2 aliphatic heterocycles. The zero-order valence-electron chi connectivity index (χ0n) is 45.9. The number of esters is 7. The van der Waals surface area contributed by atoms with Crippen LogP contribution >= 0.6 is 11.8 Å². The molecule has 0 aliphatic carbocycles. The molecule has 2 heterocycles. The molecule has 0 bridgehead atoms. The SMILES string of the molecule is CC(C)(C)C(=O)OC[C@H]1O[C@@H](Sc2ccccc2)[C@H](OC(=O)C(C)(C)C)[C@@H](OC(=O)C(C)(C)C)[C@@H]1O[C@@H]1O[C@H](COC(=O)C(C)(C)C)[C@@H](OC(=O)C(C)(C)C)[C@H](OC(=O)C(C)(C)C)[C@H]1OC(=O)C(C)(C)C. The topological polar surface area (TPSA) is 212 Å². The van der Waals surface area contributed by atoms with Gasteiger partial charge in [-0.15, -0.1) is 0 Å². The third-order valence-electron chi connectivity index (χ3n) is 10.7. The minimum atomic E-state index is -1.87. The Labute approximate surface area is 425 Å². The van der Waals surface area contributed by atoms with Gasteiger partial charge in [0.1, 0.15) is 37.0 Å². The Balaban J connectivity index is 2.50. The molecule has 0 spiro atoms. The molecule has 402 valence electrons. The van der Waals surface area contributed by atoms with Crippen molar-refractivity contribution in [3.05, 3.63) is 30.3 Å². The van der Waals surface area contributed by atoms with Crippen molar-refractivity contribution < 1.29 is 80.9 Å². The van der Waals surface area contributed by atoms with Crippen LogP contribution in [0.2, 0.25) is 0 Å². The van der Waals surface area contributed by atoms with Crippen LogP contribution in [0.4, 0.5) is 0 Å². The Bertz CT molecular complexity index is 2040. The predicted molar refractivity (Wildman–Crippen MR) is 262 cm³/mol. The van der Waals surface area contributed by atoms with Crippen molar-refractivity contribution in [2.75, 3.05) is 13.2 Å². The van der Waals surface area contributed by atoms with E-state index in [9.17, 15) is 33.6 Å². The first kappa shape index (κ1) is 61.0. The van der Waals surface area contributed by atoms with E-state index in [4.69, 9.17) is 47.4 Å². The third-order valence-corrected chi connectivity index (χ3v) is 11.9. The first-order chi connectivity index (χ1) is 32.0. The highest BCUT2D eigenvalue weighted by atomic mass is 32.2. The number of thioether (sulfide) groups is 1.